The molecule has 3 rings (SSSR count). The first-order chi connectivity index (χ1) is 12.9. The van der Waals surface area contributed by atoms with E-state index in [4.69, 9.17) is 34.8 Å². The third kappa shape index (κ3) is 4.40. The van der Waals surface area contributed by atoms with Gasteiger partial charge in [-0.2, -0.15) is 10.2 Å². The Bertz CT molecular complexity index is 998. The molecule has 0 saturated heterocycles. The maximum absolute atomic E-state index is 13.6. The van der Waals surface area contributed by atoms with Crippen molar-refractivity contribution in [2.75, 3.05) is 5.43 Å². The molecular weight excluding hydrogens is 417 g/mol. The summed E-state index contributed by atoms with van der Waals surface area (Å²) in [5, 5.41) is 9.67. The van der Waals surface area contributed by atoms with Crippen molar-refractivity contribution in [1.29, 1.82) is 0 Å². The number of halogens is 5. The number of hydrogen-bond donors (Lipinski definition) is 1. The molecule has 2 aromatic carbocycles. The predicted octanol–water partition coefficient (Wildman–Crippen LogP) is 5.92. The van der Waals surface area contributed by atoms with Crippen LogP contribution in [0, 0.1) is 18.6 Å². The van der Waals surface area contributed by atoms with Crippen molar-refractivity contribution in [3.05, 3.63) is 80.1 Å². The minimum Gasteiger partial charge on any atom is -0.276 e. The second-order valence-electron chi connectivity index (χ2n) is 5.64. The molecule has 3 aromatic rings. The van der Waals surface area contributed by atoms with Gasteiger partial charge in [0.1, 0.15) is 11.0 Å². The van der Waals surface area contributed by atoms with E-state index in [1.54, 1.807) is 29.8 Å². The minimum absolute atomic E-state index is 0.0386. The predicted molar refractivity (Wildman–Crippen MR) is 105 cm³/mol. The van der Waals surface area contributed by atoms with Crippen molar-refractivity contribution in [3.63, 3.8) is 0 Å². The van der Waals surface area contributed by atoms with Crippen molar-refractivity contribution < 1.29 is 8.78 Å². The van der Waals surface area contributed by atoms with Gasteiger partial charge in [-0.25, -0.2) is 13.5 Å². The van der Waals surface area contributed by atoms with Gasteiger partial charge in [-0.3, -0.25) is 5.43 Å². The summed E-state index contributed by atoms with van der Waals surface area (Å²) in [6.07, 6.45) is 1.41. The van der Waals surface area contributed by atoms with E-state index in [0.717, 1.165) is 12.1 Å². The van der Waals surface area contributed by atoms with E-state index in [2.05, 4.69) is 15.6 Å². The molecule has 9 heteroatoms. The van der Waals surface area contributed by atoms with Crippen molar-refractivity contribution in [2.45, 2.75) is 13.5 Å². The van der Waals surface area contributed by atoms with Crippen LogP contribution in [-0.4, -0.2) is 16.0 Å². The largest absolute Gasteiger partial charge is 0.276 e. The van der Waals surface area contributed by atoms with E-state index < -0.39 is 11.6 Å². The second-order valence-corrected chi connectivity index (χ2v) is 6.81. The molecule has 1 aromatic heterocycles. The third-order valence-electron chi connectivity index (χ3n) is 3.79. The van der Waals surface area contributed by atoms with Crippen LogP contribution >= 0.6 is 34.8 Å². The van der Waals surface area contributed by atoms with Crippen molar-refractivity contribution in [3.8, 4) is 0 Å². The van der Waals surface area contributed by atoms with Crippen LogP contribution in [0.3, 0.4) is 0 Å². The lowest BCUT2D eigenvalue weighted by Crippen LogP contribution is -2.03. The summed E-state index contributed by atoms with van der Waals surface area (Å²) in [5.41, 5.74) is 4.41. The number of nitrogens with zero attached hydrogens (tertiary/aromatic N) is 3. The van der Waals surface area contributed by atoms with Gasteiger partial charge in [-0.15, -0.1) is 0 Å². The average Bonchev–Trinajstić information content (AvgIpc) is 2.87. The molecule has 27 heavy (non-hydrogen) atoms. The average molecular weight is 430 g/mol. The number of hydrazone groups is 1. The molecule has 0 fully saturated rings. The fourth-order valence-corrected chi connectivity index (χ4v) is 3.20. The van der Waals surface area contributed by atoms with E-state index in [1.165, 1.54) is 12.3 Å². The van der Waals surface area contributed by atoms with Gasteiger partial charge in [0.25, 0.3) is 0 Å². The lowest BCUT2D eigenvalue weighted by atomic mass is 10.2. The summed E-state index contributed by atoms with van der Waals surface area (Å²) in [4.78, 5) is 0. The van der Waals surface area contributed by atoms with Crippen LogP contribution in [0.2, 0.25) is 15.2 Å². The first-order valence-electron chi connectivity index (χ1n) is 7.76. The quantitative estimate of drug-likeness (QED) is 0.404. The topological polar surface area (TPSA) is 42.2 Å². The number of benzene rings is 2. The molecule has 0 spiro atoms. The van der Waals surface area contributed by atoms with Gasteiger partial charge in [-0.05, 0) is 31.2 Å². The summed E-state index contributed by atoms with van der Waals surface area (Å²) in [5.74, 6) is -1.42. The molecular formula is C18H13Cl3F2N4. The first kappa shape index (κ1) is 19.6. The number of aromatic nitrogens is 2. The van der Waals surface area contributed by atoms with Crippen LogP contribution in [0.4, 0.5) is 14.5 Å². The molecule has 4 nitrogen and oxygen atoms in total. The fourth-order valence-electron chi connectivity index (χ4n) is 2.40. The van der Waals surface area contributed by atoms with Crippen molar-refractivity contribution in [1.82, 2.24) is 9.78 Å². The monoisotopic (exact) mass is 428 g/mol. The number of nitrogens with one attached hydrogen (secondary N) is 1. The van der Waals surface area contributed by atoms with Crippen LogP contribution in [0.15, 0.2) is 41.5 Å². The summed E-state index contributed by atoms with van der Waals surface area (Å²) in [7, 11) is 0. The Morgan fingerprint density at radius 1 is 1.15 bits per heavy atom. The zero-order chi connectivity index (χ0) is 19.6. The Kier molecular flexibility index (Phi) is 5.99. The van der Waals surface area contributed by atoms with Gasteiger partial charge in [0.2, 0.25) is 0 Å². The SMILES string of the molecule is Cc1nn(Cc2c(Cl)cccc2Cl)c(Cl)c1/C=N/Nc1ccc(F)cc1F. The molecule has 140 valence electrons. The van der Waals surface area contributed by atoms with Crippen LogP contribution in [0.25, 0.3) is 0 Å². The highest BCUT2D eigenvalue weighted by molar-refractivity contribution is 6.36. The standard InChI is InChI=1S/C18H13Cl3F2N4/c1-10-12(8-24-25-17-6-5-11(22)7-16(17)23)18(21)27(26-10)9-13-14(19)3-2-4-15(13)20/h2-8,25H,9H2,1H3/b24-8+. The Morgan fingerprint density at radius 2 is 1.85 bits per heavy atom. The molecule has 0 saturated carbocycles. The molecule has 0 unspecified atom stereocenters. The summed E-state index contributed by atoms with van der Waals surface area (Å²) >= 11 is 18.8. The van der Waals surface area contributed by atoms with Gasteiger partial charge in [0.05, 0.1) is 29.7 Å². The molecule has 1 heterocycles. The molecule has 0 aliphatic rings. The summed E-state index contributed by atoms with van der Waals surface area (Å²) in [6.45, 7) is 2.04. The maximum Gasteiger partial charge on any atom is 0.151 e. The van der Waals surface area contributed by atoms with Gasteiger partial charge >= 0.3 is 0 Å². The molecule has 0 radical (unpaired) electrons. The number of aryl methyl sites for hydroxylation is 1. The Morgan fingerprint density at radius 3 is 2.52 bits per heavy atom. The van der Waals surface area contributed by atoms with E-state index in [1.807, 2.05) is 0 Å². The Hall–Kier alpha value is -2.15. The number of anilines is 1. The number of hydrogen-bond acceptors (Lipinski definition) is 3. The van der Waals surface area contributed by atoms with Gasteiger partial charge in [0.15, 0.2) is 5.82 Å². The highest BCUT2D eigenvalue weighted by Gasteiger charge is 2.15. The number of rotatable bonds is 5. The highest BCUT2D eigenvalue weighted by Crippen LogP contribution is 2.27. The molecule has 0 bridgehead atoms. The molecule has 0 aliphatic carbocycles. The zero-order valence-corrected chi connectivity index (χ0v) is 16.2. The van der Waals surface area contributed by atoms with Crippen LogP contribution in [-0.2, 0) is 6.54 Å². The minimum atomic E-state index is -0.751. The lowest BCUT2D eigenvalue weighted by Gasteiger charge is -2.08. The zero-order valence-electron chi connectivity index (χ0n) is 14.0. The van der Waals surface area contributed by atoms with Crippen LogP contribution < -0.4 is 5.43 Å². The summed E-state index contributed by atoms with van der Waals surface area (Å²) in [6, 6.07) is 8.36. The Labute approximate surface area is 169 Å². The molecule has 0 aliphatic heterocycles. The second kappa shape index (κ2) is 8.25. The van der Waals surface area contributed by atoms with Crippen LogP contribution in [0.5, 0.6) is 0 Å². The molecule has 0 amide bonds. The van der Waals surface area contributed by atoms with E-state index in [9.17, 15) is 8.78 Å². The molecule has 0 atom stereocenters. The highest BCUT2D eigenvalue weighted by atomic mass is 35.5. The van der Waals surface area contributed by atoms with E-state index in [0.29, 0.717) is 32.0 Å². The van der Waals surface area contributed by atoms with Crippen molar-refractivity contribution in [2.24, 2.45) is 5.10 Å². The van der Waals surface area contributed by atoms with E-state index in [-0.39, 0.29) is 12.2 Å². The molecule has 1 N–H and O–H groups in total. The van der Waals surface area contributed by atoms with Crippen molar-refractivity contribution >= 4 is 46.7 Å². The van der Waals surface area contributed by atoms with Gasteiger partial charge < -0.3 is 0 Å². The smallest absolute Gasteiger partial charge is 0.151 e. The summed E-state index contributed by atoms with van der Waals surface area (Å²) < 4.78 is 28.1. The fraction of sp³-hybridized carbons (Fsp3) is 0.111. The Balaban J connectivity index is 1.81. The first-order valence-corrected chi connectivity index (χ1v) is 8.90. The van der Waals surface area contributed by atoms with E-state index >= 15 is 0 Å². The maximum atomic E-state index is 13.6. The third-order valence-corrected chi connectivity index (χ3v) is 4.90. The van der Waals surface area contributed by atoms with Gasteiger partial charge in [-0.1, -0.05) is 40.9 Å². The van der Waals surface area contributed by atoms with Crippen LogP contribution in [0.1, 0.15) is 16.8 Å². The van der Waals surface area contributed by atoms with Gasteiger partial charge in [0, 0.05) is 21.7 Å². The lowest BCUT2D eigenvalue weighted by molar-refractivity contribution is 0.585. The normalized spacial score (nSPS) is 11.3.